The first-order chi connectivity index (χ1) is 7.58. The number of anilines is 1. The molecule has 2 N–H and O–H groups in total. The summed E-state index contributed by atoms with van der Waals surface area (Å²) in [6.07, 6.45) is 0. The summed E-state index contributed by atoms with van der Waals surface area (Å²) in [4.78, 5) is 11.9. The van der Waals surface area contributed by atoms with E-state index in [0.717, 1.165) is 17.8 Å². The van der Waals surface area contributed by atoms with Crippen LogP contribution in [0.2, 0.25) is 0 Å². The largest absolute Gasteiger partial charge is 0.382 e. The molecule has 3 nitrogen and oxygen atoms in total. The molecule has 0 spiro atoms. The Morgan fingerprint density at radius 2 is 2.12 bits per heavy atom. The standard InChI is InChI=1S/C13H18N2O/c1-8(2)10-4-5-12-11(6-10)13(16)15-9(3)7-14-12/h4-6,8-9,14H,7H2,1-3H3,(H,15,16). The molecule has 0 aromatic heterocycles. The normalized spacial score (nSPS) is 19.8. The van der Waals surface area contributed by atoms with Gasteiger partial charge in [-0.2, -0.15) is 0 Å². The van der Waals surface area contributed by atoms with Crippen molar-refractivity contribution in [3.8, 4) is 0 Å². The second kappa shape index (κ2) is 4.16. The first-order valence-corrected chi connectivity index (χ1v) is 5.76. The summed E-state index contributed by atoms with van der Waals surface area (Å²) in [6.45, 7) is 7.04. The molecule has 16 heavy (non-hydrogen) atoms. The van der Waals surface area contributed by atoms with Crippen LogP contribution in [-0.2, 0) is 0 Å². The van der Waals surface area contributed by atoms with Gasteiger partial charge in [0.1, 0.15) is 0 Å². The first kappa shape index (κ1) is 11.0. The van der Waals surface area contributed by atoms with Gasteiger partial charge in [-0.15, -0.1) is 0 Å². The third-order valence-electron chi connectivity index (χ3n) is 2.93. The Bertz CT molecular complexity index is 412. The highest BCUT2D eigenvalue weighted by Gasteiger charge is 2.19. The van der Waals surface area contributed by atoms with Crippen molar-refractivity contribution in [2.75, 3.05) is 11.9 Å². The third-order valence-corrected chi connectivity index (χ3v) is 2.93. The van der Waals surface area contributed by atoms with Crippen LogP contribution < -0.4 is 10.6 Å². The lowest BCUT2D eigenvalue weighted by atomic mass is 9.99. The van der Waals surface area contributed by atoms with Crippen LogP contribution in [0.1, 0.15) is 42.6 Å². The number of fused-ring (bicyclic) bond motifs is 1. The molecule has 0 aliphatic carbocycles. The lowest BCUT2D eigenvalue weighted by Crippen LogP contribution is -2.34. The number of rotatable bonds is 1. The van der Waals surface area contributed by atoms with Crippen LogP contribution in [0.4, 0.5) is 5.69 Å². The molecule has 86 valence electrons. The van der Waals surface area contributed by atoms with E-state index in [2.05, 4.69) is 30.5 Å². The summed E-state index contributed by atoms with van der Waals surface area (Å²) in [7, 11) is 0. The summed E-state index contributed by atoms with van der Waals surface area (Å²) in [5.41, 5.74) is 2.90. The number of benzene rings is 1. The van der Waals surface area contributed by atoms with Crippen molar-refractivity contribution >= 4 is 11.6 Å². The summed E-state index contributed by atoms with van der Waals surface area (Å²) in [5, 5.41) is 6.25. The molecule has 2 rings (SSSR count). The fraction of sp³-hybridized carbons (Fsp3) is 0.462. The quantitative estimate of drug-likeness (QED) is 0.759. The van der Waals surface area contributed by atoms with Gasteiger partial charge in [0.05, 0.1) is 5.56 Å². The van der Waals surface area contributed by atoms with Gasteiger partial charge in [0.2, 0.25) is 0 Å². The van der Waals surface area contributed by atoms with Crippen LogP contribution >= 0.6 is 0 Å². The molecule has 1 aromatic carbocycles. The number of hydrogen-bond donors (Lipinski definition) is 2. The van der Waals surface area contributed by atoms with Gasteiger partial charge in [0.25, 0.3) is 5.91 Å². The minimum absolute atomic E-state index is 0.0231. The van der Waals surface area contributed by atoms with E-state index in [4.69, 9.17) is 0 Å². The van der Waals surface area contributed by atoms with Crippen LogP contribution in [-0.4, -0.2) is 18.5 Å². The third kappa shape index (κ3) is 2.03. The number of amides is 1. The lowest BCUT2D eigenvalue weighted by molar-refractivity contribution is 0.0945. The Morgan fingerprint density at radius 1 is 1.38 bits per heavy atom. The van der Waals surface area contributed by atoms with E-state index < -0.39 is 0 Å². The molecule has 1 atom stereocenters. The van der Waals surface area contributed by atoms with Gasteiger partial charge in [-0.3, -0.25) is 4.79 Å². The van der Waals surface area contributed by atoms with Crippen LogP contribution in [0, 0.1) is 0 Å². The fourth-order valence-electron chi connectivity index (χ4n) is 1.88. The molecule has 1 aromatic rings. The Kier molecular flexibility index (Phi) is 2.86. The minimum atomic E-state index is 0.0231. The average molecular weight is 218 g/mol. The second-order valence-corrected chi connectivity index (χ2v) is 4.72. The summed E-state index contributed by atoms with van der Waals surface area (Å²) in [6, 6.07) is 6.24. The molecule has 0 saturated heterocycles. The highest BCUT2D eigenvalue weighted by atomic mass is 16.1. The Morgan fingerprint density at radius 3 is 2.81 bits per heavy atom. The summed E-state index contributed by atoms with van der Waals surface area (Å²) < 4.78 is 0. The van der Waals surface area contributed by atoms with E-state index in [-0.39, 0.29) is 11.9 Å². The van der Waals surface area contributed by atoms with Crippen LogP contribution in [0.15, 0.2) is 18.2 Å². The summed E-state index contributed by atoms with van der Waals surface area (Å²) >= 11 is 0. The second-order valence-electron chi connectivity index (χ2n) is 4.72. The van der Waals surface area contributed by atoms with Gasteiger partial charge in [0, 0.05) is 18.3 Å². The maximum atomic E-state index is 11.9. The zero-order valence-electron chi connectivity index (χ0n) is 10.0. The molecule has 0 fully saturated rings. The molecule has 1 aliphatic rings. The van der Waals surface area contributed by atoms with E-state index in [1.165, 1.54) is 5.56 Å². The molecule has 1 aliphatic heterocycles. The van der Waals surface area contributed by atoms with Crippen molar-refractivity contribution in [2.24, 2.45) is 0 Å². The average Bonchev–Trinajstić information content (AvgIpc) is 2.38. The fourth-order valence-corrected chi connectivity index (χ4v) is 1.88. The van der Waals surface area contributed by atoms with Crippen molar-refractivity contribution in [3.05, 3.63) is 29.3 Å². The minimum Gasteiger partial charge on any atom is -0.382 e. The van der Waals surface area contributed by atoms with E-state index in [9.17, 15) is 4.79 Å². The SMILES string of the molecule is CC1CNc2ccc(C(C)C)cc2C(=O)N1. The van der Waals surface area contributed by atoms with E-state index in [1.54, 1.807) is 0 Å². The molecule has 0 radical (unpaired) electrons. The monoisotopic (exact) mass is 218 g/mol. The molecular formula is C13H18N2O. The van der Waals surface area contributed by atoms with E-state index >= 15 is 0 Å². The van der Waals surface area contributed by atoms with Gasteiger partial charge >= 0.3 is 0 Å². The number of carbonyl (C=O) groups is 1. The Hall–Kier alpha value is -1.51. The van der Waals surface area contributed by atoms with Gasteiger partial charge in [0.15, 0.2) is 0 Å². The molecule has 0 saturated carbocycles. The maximum Gasteiger partial charge on any atom is 0.253 e. The van der Waals surface area contributed by atoms with Gasteiger partial charge in [-0.05, 0) is 30.5 Å². The number of carbonyl (C=O) groups excluding carboxylic acids is 1. The van der Waals surface area contributed by atoms with Crippen molar-refractivity contribution in [3.63, 3.8) is 0 Å². The van der Waals surface area contributed by atoms with Crippen LogP contribution in [0.25, 0.3) is 0 Å². The van der Waals surface area contributed by atoms with Gasteiger partial charge in [-0.1, -0.05) is 19.9 Å². The van der Waals surface area contributed by atoms with Crippen molar-refractivity contribution in [1.82, 2.24) is 5.32 Å². The topological polar surface area (TPSA) is 41.1 Å². The van der Waals surface area contributed by atoms with Crippen molar-refractivity contribution < 1.29 is 4.79 Å². The predicted molar refractivity (Wildman–Crippen MR) is 65.9 cm³/mol. The Balaban J connectivity index is 2.41. The zero-order chi connectivity index (χ0) is 11.7. The van der Waals surface area contributed by atoms with Crippen molar-refractivity contribution in [1.29, 1.82) is 0 Å². The highest BCUT2D eigenvalue weighted by molar-refractivity contribution is 6.00. The van der Waals surface area contributed by atoms with Crippen molar-refractivity contribution in [2.45, 2.75) is 32.7 Å². The molecular weight excluding hydrogens is 200 g/mol. The van der Waals surface area contributed by atoms with Gasteiger partial charge in [-0.25, -0.2) is 0 Å². The van der Waals surface area contributed by atoms with Crippen LogP contribution in [0.5, 0.6) is 0 Å². The Labute approximate surface area is 96.2 Å². The first-order valence-electron chi connectivity index (χ1n) is 5.76. The van der Waals surface area contributed by atoms with E-state index in [0.29, 0.717) is 5.92 Å². The van der Waals surface area contributed by atoms with Crippen LogP contribution in [0.3, 0.4) is 0 Å². The zero-order valence-corrected chi connectivity index (χ0v) is 10.0. The maximum absolute atomic E-state index is 11.9. The smallest absolute Gasteiger partial charge is 0.253 e. The van der Waals surface area contributed by atoms with E-state index in [1.807, 2.05) is 19.1 Å². The molecule has 3 heteroatoms. The lowest BCUT2D eigenvalue weighted by Gasteiger charge is -2.10. The predicted octanol–water partition coefficient (Wildman–Crippen LogP) is 2.35. The number of nitrogens with one attached hydrogen (secondary N) is 2. The summed E-state index contributed by atoms with van der Waals surface area (Å²) in [5.74, 6) is 0.466. The van der Waals surface area contributed by atoms with Gasteiger partial charge < -0.3 is 10.6 Å². The molecule has 1 amide bonds. The molecule has 1 unspecified atom stereocenters. The number of hydrogen-bond acceptors (Lipinski definition) is 2. The highest BCUT2D eigenvalue weighted by Crippen LogP contribution is 2.23. The molecule has 0 bridgehead atoms. The molecule has 1 heterocycles.